The molecule has 1 aliphatic heterocycles. The Morgan fingerprint density at radius 2 is 1.90 bits per heavy atom. The van der Waals surface area contributed by atoms with Crippen molar-refractivity contribution in [3.8, 4) is 17.2 Å². The molecule has 0 N–H and O–H groups in total. The second-order valence-corrected chi connectivity index (χ2v) is 5.74. The summed E-state index contributed by atoms with van der Waals surface area (Å²) in [5.74, 6) is 2.49. The molecule has 1 amide bonds. The molecule has 1 fully saturated rings. The molecule has 0 spiro atoms. The predicted molar refractivity (Wildman–Crippen MR) is 83.3 cm³/mol. The second-order valence-electron chi connectivity index (χ2n) is 4.67. The van der Waals surface area contributed by atoms with Crippen LogP contribution >= 0.6 is 11.8 Å². The van der Waals surface area contributed by atoms with Gasteiger partial charge in [-0.2, -0.15) is 0 Å². The fraction of sp³-hybridized carbons (Fsp3) is 0.533. The number of carbonyl (C=O) groups is 1. The van der Waals surface area contributed by atoms with Crippen molar-refractivity contribution in [1.82, 2.24) is 4.90 Å². The zero-order valence-corrected chi connectivity index (χ0v) is 13.7. The van der Waals surface area contributed by atoms with E-state index >= 15 is 0 Å². The number of ether oxygens (including phenoxy) is 3. The molecule has 0 saturated carbocycles. The molecule has 1 aliphatic rings. The summed E-state index contributed by atoms with van der Waals surface area (Å²) in [5.41, 5.74) is 0.944. The fourth-order valence-corrected chi connectivity index (χ4v) is 3.75. The van der Waals surface area contributed by atoms with Crippen LogP contribution in [-0.2, 0) is 4.79 Å². The van der Waals surface area contributed by atoms with Gasteiger partial charge in [0.15, 0.2) is 11.5 Å². The summed E-state index contributed by atoms with van der Waals surface area (Å²) in [6.07, 6.45) is 0.929. The first kappa shape index (κ1) is 15.8. The number of thioether (sulfide) groups is 1. The Bertz CT molecular complexity index is 521. The van der Waals surface area contributed by atoms with Crippen molar-refractivity contribution >= 4 is 17.7 Å². The summed E-state index contributed by atoms with van der Waals surface area (Å²) in [5, 5.41) is -0.0350. The minimum absolute atomic E-state index is 0.0350. The Morgan fingerprint density at radius 1 is 1.19 bits per heavy atom. The van der Waals surface area contributed by atoms with Crippen molar-refractivity contribution in [2.45, 2.75) is 18.7 Å². The van der Waals surface area contributed by atoms with E-state index in [9.17, 15) is 4.79 Å². The van der Waals surface area contributed by atoms with Gasteiger partial charge in [-0.15, -0.1) is 11.8 Å². The SMILES string of the molecule is CCCN1C(=O)CSC1c1ccc(OC)c(OC)c1OC. The van der Waals surface area contributed by atoms with Gasteiger partial charge < -0.3 is 19.1 Å². The van der Waals surface area contributed by atoms with Crippen LogP contribution in [0.2, 0.25) is 0 Å². The average Bonchev–Trinajstić information content (AvgIpc) is 2.87. The predicted octanol–water partition coefficient (Wildman–Crippen LogP) is 2.70. The van der Waals surface area contributed by atoms with Crippen LogP contribution < -0.4 is 14.2 Å². The molecular weight excluding hydrogens is 290 g/mol. The molecule has 0 aliphatic carbocycles. The summed E-state index contributed by atoms with van der Waals surface area (Å²) >= 11 is 1.61. The van der Waals surface area contributed by atoms with E-state index in [4.69, 9.17) is 14.2 Å². The van der Waals surface area contributed by atoms with Crippen LogP contribution in [0, 0.1) is 0 Å². The fourth-order valence-electron chi connectivity index (χ4n) is 2.51. The molecule has 116 valence electrons. The Labute approximate surface area is 129 Å². The number of rotatable bonds is 6. The Kier molecular flexibility index (Phi) is 5.22. The van der Waals surface area contributed by atoms with Gasteiger partial charge in [-0.25, -0.2) is 0 Å². The maximum atomic E-state index is 12.0. The van der Waals surface area contributed by atoms with Gasteiger partial charge in [0, 0.05) is 12.1 Å². The van der Waals surface area contributed by atoms with Gasteiger partial charge in [0.05, 0.1) is 27.1 Å². The Hall–Kier alpha value is -1.56. The van der Waals surface area contributed by atoms with E-state index in [-0.39, 0.29) is 11.3 Å². The number of nitrogens with zero attached hydrogens (tertiary/aromatic N) is 1. The third-order valence-electron chi connectivity index (χ3n) is 3.43. The number of hydrogen-bond donors (Lipinski definition) is 0. The smallest absolute Gasteiger partial charge is 0.233 e. The largest absolute Gasteiger partial charge is 0.493 e. The summed E-state index contributed by atoms with van der Waals surface area (Å²) in [4.78, 5) is 13.9. The molecule has 1 saturated heterocycles. The van der Waals surface area contributed by atoms with Crippen molar-refractivity contribution in [1.29, 1.82) is 0 Å². The van der Waals surface area contributed by atoms with E-state index in [0.717, 1.165) is 18.5 Å². The molecule has 1 atom stereocenters. The number of methoxy groups -OCH3 is 3. The third-order valence-corrected chi connectivity index (χ3v) is 4.67. The van der Waals surface area contributed by atoms with Crippen LogP contribution in [0.25, 0.3) is 0 Å². The molecule has 1 heterocycles. The lowest BCUT2D eigenvalue weighted by molar-refractivity contribution is -0.128. The lowest BCUT2D eigenvalue weighted by Crippen LogP contribution is -2.29. The van der Waals surface area contributed by atoms with Crippen molar-refractivity contribution < 1.29 is 19.0 Å². The Morgan fingerprint density at radius 3 is 2.48 bits per heavy atom. The molecule has 1 unspecified atom stereocenters. The van der Waals surface area contributed by atoms with Crippen LogP contribution in [-0.4, -0.2) is 44.4 Å². The van der Waals surface area contributed by atoms with E-state index in [2.05, 4.69) is 6.92 Å². The van der Waals surface area contributed by atoms with E-state index in [1.165, 1.54) is 0 Å². The van der Waals surface area contributed by atoms with Gasteiger partial charge in [0.25, 0.3) is 0 Å². The highest BCUT2D eigenvalue weighted by Gasteiger charge is 2.35. The quantitative estimate of drug-likeness (QED) is 0.808. The first-order chi connectivity index (χ1) is 10.2. The van der Waals surface area contributed by atoms with Crippen LogP contribution in [0.3, 0.4) is 0 Å². The van der Waals surface area contributed by atoms with Gasteiger partial charge in [-0.3, -0.25) is 4.79 Å². The highest BCUT2D eigenvalue weighted by atomic mass is 32.2. The molecule has 21 heavy (non-hydrogen) atoms. The standard InChI is InChI=1S/C15H21NO4S/c1-5-8-16-12(17)9-21-15(16)10-6-7-11(18-2)14(20-4)13(10)19-3/h6-7,15H,5,8-9H2,1-4H3. The van der Waals surface area contributed by atoms with Crippen LogP contribution in [0.5, 0.6) is 17.2 Å². The van der Waals surface area contributed by atoms with Crippen molar-refractivity contribution in [3.05, 3.63) is 17.7 Å². The molecular formula is C15H21NO4S. The van der Waals surface area contributed by atoms with Crippen molar-refractivity contribution in [2.75, 3.05) is 33.6 Å². The van der Waals surface area contributed by atoms with Crippen LogP contribution in [0.1, 0.15) is 24.3 Å². The van der Waals surface area contributed by atoms with Gasteiger partial charge >= 0.3 is 0 Å². The highest BCUT2D eigenvalue weighted by Crippen LogP contribution is 2.48. The number of hydrogen-bond acceptors (Lipinski definition) is 5. The van der Waals surface area contributed by atoms with Gasteiger partial charge in [0.1, 0.15) is 5.37 Å². The number of carbonyl (C=O) groups excluding carboxylic acids is 1. The normalized spacial score (nSPS) is 18.0. The highest BCUT2D eigenvalue weighted by molar-refractivity contribution is 8.00. The molecule has 0 bridgehead atoms. The zero-order valence-electron chi connectivity index (χ0n) is 12.8. The zero-order chi connectivity index (χ0) is 15.4. The molecule has 5 nitrogen and oxygen atoms in total. The minimum atomic E-state index is -0.0350. The lowest BCUT2D eigenvalue weighted by Gasteiger charge is -2.26. The second kappa shape index (κ2) is 6.93. The number of amides is 1. The van der Waals surface area contributed by atoms with E-state index < -0.39 is 0 Å². The summed E-state index contributed by atoms with van der Waals surface area (Å²) in [6.45, 7) is 2.81. The summed E-state index contributed by atoms with van der Waals surface area (Å²) in [7, 11) is 4.78. The van der Waals surface area contributed by atoms with Crippen LogP contribution in [0.4, 0.5) is 0 Å². The minimum Gasteiger partial charge on any atom is -0.493 e. The molecule has 1 aromatic carbocycles. The van der Waals surface area contributed by atoms with Gasteiger partial charge in [-0.1, -0.05) is 6.92 Å². The number of benzene rings is 1. The van der Waals surface area contributed by atoms with E-state index in [1.807, 2.05) is 17.0 Å². The molecule has 1 aromatic rings. The van der Waals surface area contributed by atoms with Gasteiger partial charge in [0.2, 0.25) is 11.7 Å². The van der Waals surface area contributed by atoms with E-state index in [0.29, 0.717) is 23.0 Å². The first-order valence-corrected chi connectivity index (χ1v) is 7.92. The lowest BCUT2D eigenvalue weighted by atomic mass is 10.1. The molecule has 0 radical (unpaired) electrons. The molecule has 0 aromatic heterocycles. The monoisotopic (exact) mass is 311 g/mol. The molecule has 2 rings (SSSR count). The van der Waals surface area contributed by atoms with Crippen molar-refractivity contribution in [2.24, 2.45) is 0 Å². The van der Waals surface area contributed by atoms with Crippen molar-refractivity contribution in [3.63, 3.8) is 0 Å². The first-order valence-electron chi connectivity index (χ1n) is 6.87. The maximum Gasteiger partial charge on any atom is 0.233 e. The summed E-state index contributed by atoms with van der Waals surface area (Å²) in [6, 6.07) is 3.79. The Balaban J connectivity index is 2.45. The summed E-state index contributed by atoms with van der Waals surface area (Å²) < 4.78 is 16.2. The van der Waals surface area contributed by atoms with E-state index in [1.54, 1.807) is 33.1 Å². The average molecular weight is 311 g/mol. The topological polar surface area (TPSA) is 48.0 Å². The molecule has 6 heteroatoms. The third kappa shape index (κ3) is 2.90. The van der Waals surface area contributed by atoms with Crippen LogP contribution in [0.15, 0.2) is 12.1 Å². The van der Waals surface area contributed by atoms with Gasteiger partial charge in [-0.05, 0) is 18.6 Å². The maximum absolute atomic E-state index is 12.0.